The molecule has 0 fully saturated rings. The molecule has 3 nitrogen and oxygen atoms in total. The highest BCUT2D eigenvalue weighted by Crippen LogP contribution is 2.02. The van der Waals surface area contributed by atoms with Crippen molar-refractivity contribution in [3.8, 4) is 0 Å². The molecule has 8 heavy (non-hydrogen) atoms. The number of carbonyl (C=O) groups excluding carboxylic acids is 1. The quantitative estimate of drug-likeness (QED) is 0.309. The molecule has 0 saturated carbocycles. The largest absolute Gasteiger partial charge is 0.395 e. The highest BCUT2D eigenvalue weighted by Gasteiger charge is 1.90. The van der Waals surface area contributed by atoms with Gasteiger partial charge in [-0.3, -0.25) is 4.79 Å². The number of halogens is 1. The van der Waals surface area contributed by atoms with E-state index in [1.54, 1.807) is 0 Å². The van der Waals surface area contributed by atoms with Gasteiger partial charge in [0.15, 0.2) is 6.29 Å². The first-order chi connectivity index (χ1) is 3.72. The standard InChI is InChI=1S/C4H5IN2O/c5-3(1-6)4(7)2-8/h1-2,6H,7H2/b4-3+,6-1?. The van der Waals surface area contributed by atoms with Crippen LogP contribution >= 0.6 is 22.6 Å². The second-order valence-corrected chi connectivity index (χ2v) is 2.23. The Balaban J connectivity index is 4.25. The molecule has 0 aromatic heterocycles. The Bertz CT molecular complexity index is 125. The van der Waals surface area contributed by atoms with Crippen LogP contribution in [0, 0.1) is 5.41 Å². The first kappa shape index (κ1) is 7.61. The van der Waals surface area contributed by atoms with Crippen molar-refractivity contribution < 1.29 is 4.79 Å². The van der Waals surface area contributed by atoms with E-state index >= 15 is 0 Å². The summed E-state index contributed by atoms with van der Waals surface area (Å²) in [5.41, 5.74) is 5.19. The van der Waals surface area contributed by atoms with Crippen LogP contribution in [-0.4, -0.2) is 12.5 Å². The SMILES string of the molecule is N=C/C(I)=C(\N)C=O. The Morgan fingerprint density at radius 3 is 2.38 bits per heavy atom. The van der Waals surface area contributed by atoms with Crippen molar-refractivity contribution >= 4 is 35.1 Å². The van der Waals surface area contributed by atoms with Crippen LogP contribution in [0.4, 0.5) is 0 Å². The van der Waals surface area contributed by atoms with E-state index in [1.165, 1.54) is 0 Å². The third-order valence-corrected chi connectivity index (χ3v) is 1.46. The molecule has 3 N–H and O–H groups in total. The molecule has 0 bridgehead atoms. The van der Waals surface area contributed by atoms with Gasteiger partial charge in [-0.05, 0) is 22.6 Å². The van der Waals surface area contributed by atoms with E-state index in [9.17, 15) is 4.79 Å². The minimum Gasteiger partial charge on any atom is -0.395 e. The fourth-order valence-electron chi connectivity index (χ4n) is 0.140. The number of rotatable bonds is 2. The summed E-state index contributed by atoms with van der Waals surface area (Å²) in [6, 6.07) is 0. The second kappa shape index (κ2) is 3.59. The number of nitrogens with one attached hydrogen (secondary N) is 1. The zero-order valence-corrected chi connectivity index (χ0v) is 6.18. The molecule has 0 spiro atoms. The van der Waals surface area contributed by atoms with Gasteiger partial charge < -0.3 is 11.1 Å². The molecule has 4 heteroatoms. The summed E-state index contributed by atoms with van der Waals surface area (Å²) >= 11 is 1.81. The summed E-state index contributed by atoms with van der Waals surface area (Å²) in [5.74, 6) is 0. The van der Waals surface area contributed by atoms with Gasteiger partial charge in [0.25, 0.3) is 0 Å². The van der Waals surface area contributed by atoms with Crippen molar-refractivity contribution in [2.75, 3.05) is 0 Å². The van der Waals surface area contributed by atoms with E-state index < -0.39 is 0 Å². The number of carbonyl (C=O) groups is 1. The Kier molecular flexibility index (Phi) is 3.42. The molecule has 0 aromatic carbocycles. The summed E-state index contributed by atoms with van der Waals surface area (Å²) in [6.45, 7) is 0. The number of nitrogens with two attached hydrogens (primary N) is 1. The highest BCUT2D eigenvalue weighted by molar-refractivity contribution is 14.1. The number of aldehydes is 1. The predicted molar refractivity (Wildman–Crippen MR) is 40.1 cm³/mol. The van der Waals surface area contributed by atoms with Crippen molar-refractivity contribution in [2.24, 2.45) is 5.73 Å². The number of hydrogen-bond donors (Lipinski definition) is 2. The minimum absolute atomic E-state index is 0.112. The van der Waals surface area contributed by atoms with E-state index in [4.69, 9.17) is 11.1 Å². The Hall–Kier alpha value is -0.390. The fraction of sp³-hybridized carbons (Fsp3) is 0. The maximum absolute atomic E-state index is 9.81. The van der Waals surface area contributed by atoms with Crippen LogP contribution < -0.4 is 5.73 Å². The third kappa shape index (κ3) is 2.06. The Labute approximate surface area is 60.6 Å². The molecular formula is C4H5IN2O. The van der Waals surface area contributed by atoms with Gasteiger partial charge in [0, 0.05) is 6.21 Å². The van der Waals surface area contributed by atoms with Crippen LogP contribution in [0.5, 0.6) is 0 Å². The third-order valence-electron chi connectivity index (χ3n) is 0.529. The highest BCUT2D eigenvalue weighted by atomic mass is 127. The van der Waals surface area contributed by atoms with E-state index in [2.05, 4.69) is 0 Å². The molecule has 0 aliphatic carbocycles. The van der Waals surface area contributed by atoms with E-state index in [0.29, 0.717) is 9.87 Å². The summed E-state index contributed by atoms with van der Waals surface area (Å²) in [6.07, 6.45) is 1.55. The van der Waals surface area contributed by atoms with E-state index in [1.807, 2.05) is 22.6 Å². The molecule has 0 aromatic rings. The summed E-state index contributed by atoms with van der Waals surface area (Å²) in [4.78, 5) is 9.81. The van der Waals surface area contributed by atoms with Gasteiger partial charge in [-0.2, -0.15) is 0 Å². The zero-order chi connectivity index (χ0) is 6.57. The van der Waals surface area contributed by atoms with Gasteiger partial charge in [-0.1, -0.05) is 0 Å². The molecule has 0 heterocycles. The van der Waals surface area contributed by atoms with Gasteiger partial charge in [0.05, 0.1) is 9.28 Å². The minimum atomic E-state index is 0.112. The average Bonchev–Trinajstić information content (AvgIpc) is 1.84. The van der Waals surface area contributed by atoms with Crippen LogP contribution in [0.2, 0.25) is 0 Å². The smallest absolute Gasteiger partial charge is 0.166 e. The van der Waals surface area contributed by atoms with Gasteiger partial charge in [0.1, 0.15) is 0 Å². The summed E-state index contributed by atoms with van der Waals surface area (Å²) in [5, 5.41) is 6.61. The van der Waals surface area contributed by atoms with Crippen molar-refractivity contribution in [1.82, 2.24) is 0 Å². The monoisotopic (exact) mass is 224 g/mol. The first-order valence-electron chi connectivity index (χ1n) is 1.83. The number of allylic oxidation sites excluding steroid dienone is 2. The van der Waals surface area contributed by atoms with Gasteiger partial charge in [0.2, 0.25) is 0 Å². The predicted octanol–water partition coefficient (Wildman–Crippen LogP) is 0.440. The molecule has 0 atom stereocenters. The lowest BCUT2D eigenvalue weighted by Crippen LogP contribution is -2.00. The van der Waals surface area contributed by atoms with Crippen molar-refractivity contribution in [3.63, 3.8) is 0 Å². The van der Waals surface area contributed by atoms with Gasteiger partial charge in [-0.15, -0.1) is 0 Å². The molecule has 0 radical (unpaired) electrons. The maximum Gasteiger partial charge on any atom is 0.166 e. The van der Waals surface area contributed by atoms with Crippen LogP contribution in [0.15, 0.2) is 9.28 Å². The first-order valence-corrected chi connectivity index (χ1v) is 2.91. The molecule has 0 saturated heterocycles. The normalized spacial score (nSPS) is 12.1. The molecule has 0 aliphatic heterocycles. The zero-order valence-electron chi connectivity index (χ0n) is 4.02. The topological polar surface area (TPSA) is 66.9 Å². The van der Waals surface area contributed by atoms with Crippen LogP contribution in [0.1, 0.15) is 0 Å². The van der Waals surface area contributed by atoms with E-state index in [-0.39, 0.29) is 5.70 Å². The van der Waals surface area contributed by atoms with Crippen LogP contribution in [-0.2, 0) is 4.79 Å². The molecule has 0 aliphatic rings. The molecule has 0 amide bonds. The van der Waals surface area contributed by atoms with Crippen LogP contribution in [0.3, 0.4) is 0 Å². The number of hydrogen-bond acceptors (Lipinski definition) is 3. The van der Waals surface area contributed by atoms with Crippen molar-refractivity contribution in [1.29, 1.82) is 5.41 Å². The van der Waals surface area contributed by atoms with Crippen molar-refractivity contribution in [3.05, 3.63) is 9.28 Å². The molecule has 0 unspecified atom stereocenters. The second-order valence-electron chi connectivity index (χ2n) is 1.07. The van der Waals surface area contributed by atoms with Gasteiger partial charge in [-0.25, -0.2) is 0 Å². The average molecular weight is 224 g/mol. The fourth-order valence-corrected chi connectivity index (χ4v) is 0.267. The van der Waals surface area contributed by atoms with Crippen LogP contribution in [0.25, 0.3) is 0 Å². The van der Waals surface area contributed by atoms with Gasteiger partial charge >= 0.3 is 0 Å². The summed E-state index contributed by atoms with van der Waals surface area (Å²) in [7, 11) is 0. The molecule has 0 rings (SSSR count). The molecule has 44 valence electrons. The summed E-state index contributed by atoms with van der Waals surface area (Å²) < 4.78 is 0.470. The lowest BCUT2D eigenvalue weighted by Gasteiger charge is -1.86. The van der Waals surface area contributed by atoms with E-state index in [0.717, 1.165) is 6.21 Å². The Morgan fingerprint density at radius 2 is 2.25 bits per heavy atom. The Morgan fingerprint density at radius 1 is 1.75 bits per heavy atom. The lowest BCUT2D eigenvalue weighted by atomic mass is 10.5. The molecular weight excluding hydrogens is 219 g/mol. The maximum atomic E-state index is 9.81. The lowest BCUT2D eigenvalue weighted by molar-refractivity contribution is -0.104. The van der Waals surface area contributed by atoms with Crippen molar-refractivity contribution in [2.45, 2.75) is 0 Å².